The molecule has 0 bridgehead atoms. The molecular weight excluding hydrogens is 328 g/mol. The topological polar surface area (TPSA) is 67.9 Å². The number of hydrogen-bond donors (Lipinski definition) is 1. The summed E-state index contributed by atoms with van der Waals surface area (Å²) in [5, 5.41) is 3.24. The normalized spacial score (nSPS) is 16.2. The summed E-state index contributed by atoms with van der Waals surface area (Å²) in [6.07, 6.45) is 1.62. The highest BCUT2D eigenvalue weighted by atomic mass is 35.5. The van der Waals surface area contributed by atoms with Crippen LogP contribution in [-0.4, -0.2) is 53.1 Å². The summed E-state index contributed by atoms with van der Waals surface area (Å²) in [5.74, 6) is 0.824. The summed E-state index contributed by atoms with van der Waals surface area (Å²) in [7, 11) is 0.988. The van der Waals surface area contributed by atoms with Crippen molar-refractivity contribution in [3.8, 4) is 11.5 Å². The molecule has 1 aromatic carbocycles. The Labute approximate surface area is 138 Å². The Morgan fingerprint density at radius 1 is 1.18 bits per heavy atom. The van der Waals surface area contributed by atoms with Crippen molar-refractivity contribution in [2.24, 2.45) is 0 Å². The van der Waals surface area contributed by atoms with Crippen LogP contribution in [0.15, 0.2) is 23.1 Å². The third kappa shape index (κ3) is 3.84. The number of nitrogens with one attached hydrogen (secondary N) is 1. The Morgan fingerprint density at radius 2 is 1.82 bits per heavy atom. The third-order valence-corrected chi connectivity index (χ3v) is 5.78. The Morgan fingerprint density at radius 3 is 2.36 bits per heavy atom. The molecule has 0 amide bonds. The molecule has 0 radical (unpaired) electrons. The summed E-state index contributed by atoms with van der Waals surface area (Å²) < 4.78 is 37.5. The fourth-order valence-electron chi connectivity index (χ4n) is 2.51. The summed E-state index contributed by atoms with van der Waals surface area (Å²) in [4.78, 5) is 0.144. The highest BCUT2D eigenvalue weighted by molar-refractivity contribution is 7.89. The van der Waals surface area contributed by atoms with E-state index in [0.717, 1.165) is 25.9 Å². The van der Waals surface area contributed by atoms with Crippen molar-refractivity contribution in [2.45, 2.75) is 23.8 Å². The van der Waals surface area contributed by atoms with E-state index in [0.29, 0.717) is 11.5 Å². The molecule has 1 saturated heterocycles. The van der Waals surface area contributed by atoms with E-state index >= 15 is 0 Å². The van der Waals surface area contributed by atoms with Crippen molar-refractivity contribution in [1.82, 2.24) is 9.62 Å². The van der Waals surface area contributed by atoms with Gasteiger partial charge in [-0.25, -0.2) is 8.42 Å². The lowest BCUT2D eigenvalue weighted by Gasteiger charge is -2.31. The quantitative estimate of drug-likeness (QED) is 0.871. The van der Waals surface area contributed by atoms with Gasteiger partial charge in [-0.1, -0.05) is 0 Å². The zero-order chi connectivity index (χ0) is 15.5. The first-order valence-electron chi connectivity index (χ1n) is 6.91. The predicted octanol–water partition coefficient (Wildman–Crippen LogP) is 1.50. The zero-order valence-electron chi connectivity index (χ0n) is 13.0. The molecule has 126 valence electrons. The minimum atomic E-state index is -3.61. The van der Waals surface area contributed by atoms with Crippen molar-refractivity contribution in [3.05, 3.63) is 18.2 Å². The number of sulfonamides is 1. The van der Waals surface area contributed by atoms with E-state index in [9.17, 15) is 8.42 Å². The van der Waals surface area contributed by atoms with Gasteiger partial charge in [0.2, 0.25) is 10.0 Å². The Kier molecular flexibility index (Phi) is 6.93. The van der Waals surface area contributed by atoms with Crippen molar-refractivity contribution < 1.29 is 17.9 Å². The second kappa shape index (κ2) is 8.01. The van der Waals surface area contributed by atoms with Crippen LogP contribution >= 0.6 is 12.4 Å². The van der Waals surface area contributed by atoms with Gasteiger partial charge in [0.05, 0.1) is 14.2 Å². The Hall–Kier alpha value is -1.02. The average Bonchev–Trinajstić information content (AvgIpc) is 2.54. The predicted molar refractivity (Wildman–Crippen MR) is 87.6 cm³/mol. The molecular formula is C14H23ClN2O4S. The maximum Gasteiger partial charge on any atom is 0.246 e. The van der Waals surface area contributed by atoms with Crippen molar-refractivity contribution in [2.75, 3.05) is 34.4 Å². The van der Waals surface area contributed by atoms with Crippen LogP contribution in [0, 0.1) is 0 Å². The number of nitrogens with zero attached hydrogens (tertiary/aromatic N) is 1. The molecule has 1 aliphatic rings. The van der Waals surface area contributed by atoms with Crippen LogP contribution in [-0.2, 0) is 10.0 Å². The van der Waals surface area contributed by atoms with E-state index < -0.39 is 10.0 Å². The molecule has 0 aliphatic carbocycles. The first kappa shape index (κ1) is 19.0. The van der Waals surface area contributed by atoms with Gasteiger partial charge in [-0.15, -0.1) is 12.4 Å². The number of hydrogen-bond acceptors (Lipinski definition) is 5. The molecule has 0 atom stereocenters. The molecule has 0 saturated carbocycles. The van der Waals surface area contributed by atoms with Crippen LogP contribution in [0.3, 0.4) is 0 Å². The monoisotopic (exact) mass is 350 g/mol. The van der Waals surface area contributed by atoms with Gasteiger partial charge in [-0.2, -0.15) is 4.31 Å². The molecule has 0 unspecified atom stereocenters. The van der Waals surface area contributed by atoms with Crippen LogP contribution in [0.5, 0.6) is 11.5 Å². The first-order valence-corrected chi connectivity index (χ1v) is 8.35. The molecule has 1 heterocycles. The van der Waals surface area contributed by atoms with Crippen LogP contribution in [0.25, 0.3) is 0 Å². The minimum Gasteiger partial charge on any atom is -0.497 e. The fraction of sp³-hybridized carbons (Fsp3) is 0.571. The third-order valence-electron chi connectivity index (χ3n) is 3.85. The zero-order valence-corrected chi connectivity index (χ0v) is 14.7. The SMILES string of the molecule is COc1ccc(OC)c(S(=O)(=O)N(C)C2CCNCC2)c1.Cl. The number of methoxy groups -OCH3 is 2. The lowest BCUT2D eigenvalue weighted by Crippen LogP contribution is -2.43. The van der Waals surface area contributed by atoms with Crippen LogP contribution in [0.2, 0.25) is 0 Å². The van der Waals surface area contributed by atoms with E-state index in [2.05, 4.69) is 5.32 Å². The summed E-state index contributed by atoms with van der Waals surface area (Å²) in [6, 6.07) is 4.81. The highest BCUT2D eigenvalue weighted by Crippen LogP contribution is 2.31. The maximum atomic E-state index is 12.8. The molecule has 1 fully saturated rings. The van der Waals surface area contributed by atoms with Gasteiger partial charge in [0.25, 0.3) is 0 Å². The largest absolute Gasteiger partial charge is 0.497 e. The lowest BCUT2D eigenvalue weighted by atomic mass is 10.1. The van der Waals surface area contributed by atoms with Gasteiger partial charge < -0.3 is 14.8 Å². The van der Waals surface area contributed by atoms with Crippen molar-refractivity contribution in [3.63, 3.8) is 0 Å². The fourth-order valence-corrected chi connectivity index (χ4v) is 4.09. The van der Waals surface area contributed by atoms with Crippen LogP contribution in [0.1, 0.15) is 12.8 Å². The van der Waals surface area contributed by atoms with E-state index in [-0.39, 0.29) is 23.3 Å². The molecule has 1 aliphatic heterocycles. The van der Waals surface area contributed by atoms with Crippen LogP contribution in [0.4, 0.5) is 0 Å². The molecule has 8 heteroatoms. The molecule has 1 aromatic rings. The van der Waals surface area contributed by atoms with Gasteiger partial charge >= 0.3 is 0 Å². The van der Waals surface area contributed by atoms with Gasteiger partial charge in [0.1, 0.15) is 16.4 Å². The van der Waals surface area contributed by atoms with Gasteiger partial charge in [-0.3, -0.25) is 0 Å². The van der Waals surface area contributed by atoms with Gasteiger partial charge in [-0.05, 0) is 38.1 Å². The average molecular weight is 351 g/mol. The minimum absolute atomic E-state index is 0. The molecule has 0 aromatic heterocycles. The molecule has 2 rings (SSSR count). The first-order chi connectivity index (χ1) is 10.0. The molecule has 22 heavy (non-hydrogen) atoms. The van der Waals surface area contributed by atoms with Gasteiger partial charge in [0, 0.05) is 19.2 Å². The smallest absolute Gasteiger partial charge is 0.246 e. The summed E-state index contributed by atoms with van der Waals surface area (Å²) >= 11 is 0. The summed E-state index contributed by atoms with van der Waals surface area (Å²) in [6.45, 7) is 1.67. The maximum absolute atomic E-state index is 12.8. The van der Waals surface area contributed by atoms with E-state index in [1.54, 1.807) is 19.2 Å². The number of piperidine rings is 1. The van der Waals surface area contributed by atoms with E-state index in [1.807, 2.05) is 0 Å². The second-order valence-corrected chi connectivity index (χ2v) is 6.99. The van der Waals surface area contributed by atoms with E-state index in [1.165, 1.54) is 24.6 Å². The lowest BCUT2D eigenvalue weighted by molar-refractivity contribution is 0.295. The molecule has 6 nitrogen and oxygen atoms in total. The molecule has 0 spiro atoms. The molecule has 1 N–H and O–H groups in total. The highest BCUT2D eigenvalue weighted by Gasteiger charge is 2.31. The summed E-state index contributed by atoms with van der Waals surface area (Å²) in [5.41, 5.74) is 0. The number of halogens is 1. The van der Waals surface area contributed by atoms with Crippen LogP contribution < -0.4 is 14.8 Å². The number of rotatable bonds is 5. The Balaban J connectivity index is 0.00000242. The van der Waals surface area contributed by atoms with Crippen molar-refractivity contribution >= 4 is 22.4 Å². The second-order valence-electron chi connectivity index (χ2n) is 5.02. The Bertz CT molecular complexity index is 589. The van der Waals surface area contributed by atoms with Gasteiger partial charge in [0.15, 0.2) is 0 Å². The van der Waals surface area contributed by atoms with Crippen molar-refractivity contribution in [1.29, 1.82) is 0 Å². The van der Waals surface area contributed by atoms with E-state index in [4.69, 9.17) is 9.47 Å². The number of benzene rings is 1. The number of ether oxygens (including phenoxy) is 2. The standard InChI is InChI=1S/C14H22N2O4S.ClH/c1-16(11-6-8-15-9-7-11)21(17,18)14-10-12(19-2)4-5-13(14)20-3;/h4-5,10-11,15H,6-9H2,1-3H3;1H.